The molecule has 2 heteroatoms. The Morgan fingerprint density at radius 3 is 2.78 bits per heavy atom. The van der Waals surface area contributed by atoms with Crippen LogP contribution in [-0.2, 0) is 0 Å². The van der Waals surface area contributed by atoms with E-state index in [0.717, 1.165) is 5.69 Å². The molecule has 0 N–H and O–H groups in total. The van der Waals surface area contributed by atoms with Crippen molar-refractivity contribution in [3.05, 3.63) is 24.0 Å². The van der Waals surface area contributed by atoms with Gasteiger partial charge in [0, 0.05) is 13.2 Å². The zero-order valence-electron chi connectivity index (χ0n) is 5.63. The Morgan fingerprint density at radius 1 is 1.56 bits per heavy atom. The van der Waals surface area contributed by atoms with E-state index in [0.29, 0.717) is 0 Å². The van der Waals surface area contributed by atoms with E-state index in [-0.39, 0.29) is 0 Å². The highest BCUT2D eigenvalue weighted by molar-refractivity contribution is 5.40. The normalized spacial score (nSPS) is 9.11. The highest BCUT2D eigenvalue weighted by Crippen LogP contribution is 2.09. The summed E-state index contributed by atoms with van der Waals surface area (Å²) in [5.74, 6) is 0. The smallest absolute Gasteiger partial charge is 0.0783 e. The van der Waals surface area contributed by atoms with Crippen LogP contribution in [0.4, 0.5) is 5.69 Å². The Bertz CT molecular complexity index is 196. The van der Waals surface area contributed by atoms with Gasteiger partial charge in [-0.05, 0) is 18.6 Å². The molecular formula is C7H9N2. The van der Waals surface area contributed by atoms with Crippen molar-refractivity contribution in [2.24, 2.45) is 0 Å². The monoisotopic (exact) mass is 121 g/mol. The number of pyridine rings is 1. The summed E-state index contributed by atoms with van der Waals surface area (Å²) >= 11 is 0. The number of nitrogens with zero attached hydrogens (tertiary/aromatic N) is 2. The Labute approximate surface area is 54.9 Å². The van der Waals surface area contributed by atoms with E-state index >= 15 is 0 Å². The van der Waals surface area contributed by atoms with E-state index in [1.165, 1.54) is 5.56 Å². The van der Waals surface area contributed by atoms with Crippen molar-refractivity contribution in [3.8, 4) is 0 Å². The minimum absolute atomic E-state index is 0.970. The Morgan fingerprint density at radius 2 is 2.33 bits per heavy atom. The minimum atomic E-state index is 0.970. The van der Waals surface area contributed by atoms with Gasteiger partial charge in [-0.15, -0.1) is 0 Å². The maximum atomic E-state index is 4.01. The van der Waals surface area contributed by atoms with Crippen molar-refractivity contribution in [2.45, 2.75) is 6.92 Å². The van der Waals surface area contributed by atoms with Crippen LogP contribution in [0, 0.1) is 6.92 Å². The maximum absolute atomic E-state index is 4.01. The van der Waals surface area contributed by atoms with Crippen LogP contribution in [0.2, 0.25) is 0 Å². The second-order valence-electron chi connectivity index (χ2n) is 1.89. The van der Waals surface area contributed by atoms with Crippen molar-refractivity contribution in [1.29, 1.82) is 0 Å². The average molecular weight is 121 g/mol. The molecule has 0 unspecified atom stereocenters. The molecule has 0 bridgehead atoms. The lowest BCUT2D eigenvalue weighted by atomic mass is 10.2. The number of hydrogen-bond acceptors (Lipinski definition) is 1. The molecule has 2 nitrogen and oxygen atoms in total. The Kier molecular flexibility index (Phi) is 1.68. The first kappa shape index (κ1) is 6.08. The summed E-state index contributed by atoms with van der Waals surface area (Å²) in [7, 11) is 1.77. The fourth-order valence-corrected chi connectivity index (χ4v) is 0.690. The van der Waals surface area contributed by atoms with Crippen LogP contribution in [0.15, 0.2) is 18.5 Å². The van der Waals surface area contributed by atoms with E-state index < -0.39 is 0 Å². The standard InChI is InChI=1S/C7H9N2/c1-6-3-4-9-5-7(6)8-2/h3-5H,1-2H3. The van der Waals surface area contributed by atoms with Gasteiger partial charge >= 0.3 is 0 Å². The highest BCUT2D eigenvalue weighted by Gasteiger charge is 1.91. The fourth-order valence-electron chi connectivity index (χ4n) is 0.690. The molecule has 0 aliphatic carbocycles. The van der Waals surface area contributed by atoms with Gasteiger partial charge in [-0.2, -0.15) is 0 Å². The number of aryl methyl sites for hydroxylation is 1. The Hall–Kier alpha value is -1.05. The molecule has 1 aromatic rings. The topological polar surface area (TPSA) is 27.0 Å². The molecule has 1 aromatic heterocycles. The molecule has 1 heterocycles. The van der Waals surface area contributed by atoms with Gasteiger partial charge in [0.1, 0.15) is 0 Å². The van der Waals surface area contributed by atoms with Crippen LogP contribution in [0.3, 0.4) is 0 Å². The summed E-state index contributed by atoms with van der Waals surface area (Å²) in [6.45, 7) is 2.02. The van der Waals surface area contributed by atoms with Gasteiger partial charge in [0.2, 0.25) is 0 Å². The fraction of sp³-hybridized carbons (Fsp3) is 0.286. The third kappa shape index (κ3) is 1.19. The van der Waals surface area contributed by atoms with Crippen LogP contribution in [0.1, 0.15) is 5.56 Å². The third-order valence-corrected chi connectivity index (χ3v) is 1.25. The van der Waals surface area contributed by atoms with Crippen LogP contribution in [0.25, 0.3) is 0 Å². The first-order chi connectivity index (χ1) is 4.34. The molecule has 0 aliphatic rings. The molecule has 9 heavy (non-hydrogen) atoms. The Balaban J connectivity index is 3.01. The van der Waals surface area contributed by atoms with E-state index in [1.807, 2.05) is 13.0 Å². The molecule has 1 radical (unpaired) electrons. The van der Waals surface area contributed by atoms with Crippen LogP contribution in [0.5, 0.6) is 0 Å². The number of hydrogen-bond donors (Lipinski definition) is 0. The molecule has 0 saturated carbocycles. The minimum Gasteiger partial charge on any atom is -0.287 e. The number of aromatic nitrogens is 1. The summed E-state index contributed by atoms with van der Waals surface area (Å²) < 4.78 is 0. The molecule has 0 spiro atoms. The van der Waals surface area contributed by atoms with Crippen LogP contribution >= 0.6 is 0 Å². The van der Waals surface area contributed by atoms with Crippen molar-refractivity contribution in [3.63, 3.8) is 0 Å². The lowest BCUT2D eigenvalue weighted by Gasteiger charge is -1.97. The SMILES string of the molecule is C[N]c1cnccc1C. The predicted molar refractivity (Wildman–Crippen MR) is 36.7 cm³/mol. The quantitative estimate of drug-likeness (QED) is 0.549. The molecule has 0 aromatic carbocycles. The third-order valence-electron chi connectivity index (χ3n) is 1.25. The highest BCUT2D eigenvalue weighted by atomic mass is 14.8. The van der Waals surface area contributed by atoms with Crippen molar-refractivity contribution in [2.75, 3.05) is 7.05 Å². The van der Waals surface area contributed by atoms with E-state index in [1.54, 1.807) is 19.4 Å². The lowest BCUT2D eigenvalue weighted by molar-refractivity contribution is 1.05. The van der Waals surface area contributed by atoms with Crippen molar-refractivity contribution < 1.29 is 0 Å². The van der Waals surface area contributed by atoms with E-state index in [9.17, 15) is 0 Å². The summed E-state index contributed by atoms with van der Waals surface area (Å²) in [5.41, 5.74) is 2.14. The van der Waals surface area contributed by atoms with Gasteiger partial charge in [-0.25, -0.2) is 0 Å². The van der Waals surface area contributed by atoms with E-state index in [2.05, 4.69) is 10.3 Å². The second kappa shape index (κ2) is 2.49. The zero-order valence-corrected chi connectivity index (χ0v) is 5.63. The average Bonchev–Trinajstić information content (AvgIpc) is 1.89. The summed E-state index contributed by atoms with van der Waals surface area (Å²) in [5, 5.41) is 4.01. The van der Waals surface area contributed by atoms with Gasteiger partial charge in [-0.1, -0.05) is 0 Å². The largest absolute Gasteiger partial charge is 0.287 e. The molecule has 0 saturated heterocycles. The summed E-state index contributed by atoms with van der Waals surface area (Å²) in [6, 6.07) is 1.95. The van der Waals surface area contributed by atoms with Crippen molar-refractivity contribution >= 4 is 5.69 Å². The molecule has 0 aliphatic heterocycles. The zero-order chi connectivity index (χ0) is 6.69. The van der Waals surface area contributed by atoms with Gasteiger partial charge in [0.05, 0.1) is 11.9 Å². The van der Waals surface area contributed by atoms with Crippen LogP contribution in [-0.4, -0.2) is 12.0 Å². The van der Waals surface area contributed by atoms with Crippen molar-refractivity contribution in [1.82, 2.24) is 10.3 Å². The first-order valence-corrected chi connectivity index (χ1v) is 2.85. The molecule has 1 rings (SSSR count). The van der Waals surface area contributed by atoms with Crippen LogP contribution < -0.4 is 5.32 Å². The molecule has 0 fully saturated rings. The second-order valence-corrected chi connectivity index (χ2v) is 1.89. The van der Waals surface area contributed by atoms with Gasteiger partial charge < -0.3 is 0 Å². The molecule has 0 atom stereocenters. The molecule has 47 valence electrons. The van der Waals surface area contributed by atoms with E-state index in [4.69, 9.17) is 0 Å². The van der Waals surface area contributed by atoms with Gasteiger partial charge in [-0.3, -0.25) is 10.3 Å². The summed E-state index contributed by atoms with van der Waals surface area (Å²) in [4.78, 5) is 3.92. The summed E-state index contributed by atoms with van der Waals surface area (Å²) in [6.07, 6.45) is 3.53. The molecular weight excluding hydrogens is 112 g/mol. The molecule has 0 amide bonds. The van der Waals surface area contributed by atoms with Gasteiger partial charge in [0.25, 0.3) is 0 Å². The maximum Gasteiger partial charge on any atom is 0.0783 e. The lowest BCUT2D eigenvalue weighted by Crippen LogP contribution is -1.89. The van der Waals surface area contributed by atoms with Gasteiger partial charge in [0.15, 0.2) is 0 Å². The predicted octanol–water partition coefficient (Wildman–Crippen LogP) is 1.26. The first-order valence-electron chi connectivity index (χ1n) is 2.85. The number of rotatable bonds is 1.